The highest BCUT2D eigenvalue weighted by Crippen LogP contribution is 2.26. The Labute approximate surface area is 94.4 Å². The maximum atomic E-state index is 4.35. The SMILES string of the molecule is [c]1ccccc1-c1cccc2ncccc12. The fourth-order valence-corrected chi connectivity index (χ4v) is 1.90. The Hall–Kier alpha value is -2.15. The molecule has 0 aliphatic carbocycles. The topological polar surface area (TPSA) is 12.9 Å². The van der Waals surface area contributed by atoms with Crippen molar-refractivity contribution in [3.05, 3.63) is 66.9 Å². The fraction of sp³-hybridized carbons (Fsp3) is 0. The molecule has 0 bridgehead atoms. The van der Waals surface area contributed by atoms with E-state index in [1.165, 1.54) is 10.9 Å². The van der Waals surface area contributed by atoms with Crippen LogP contribution in [0.3, 0.4) is 0 Å². The summed E-state index contributed by atoms with van der Waals surface area (Å²) in [5, 5.41) is 1.17. The van der Waals surface area contributed by atoms with Gasteiger partial charge in [-0.3, -0.25) is 4.98 Å². The van der Waals surface area contributed by atoms with Crippen LogP contribution in [-0.2, 0) is 0 Å². The molecule has 3 aromatic rings. The Kier molecular flexibility index (Phi) is 2.15. The summed E-state index contributed by atoms with van der Waals surface area (Å²) in [5.41, 5.74) is 3.32. The van der Waals surface area contributed by atoms with Gasteiger partial charge in [0, 0.05) is 11.6 Å². The zero-order valence-electron chi connectivity index (χ0n) is 8.72. The van der Waals surface area contributed by atoms with Crippen molar-refractivity contribution in [3.63, 3.8) is 0 Å². The maximum Gasteiger partial charge on any atom is 0.0708 e. The molecular formula is C15H10N. The lowest BCUT2D eigenvalue weighted by molar-refractivity contribution is 1.41. The van der Waals surface area contributed by atoms with Crippen LogP contribution in [0.15, 0.2) is 60.8 Å². The highest BCUT2D eigenvalue weighted by molar-refractivity contribution is 5.94. The average molecular weight is 204 g/mol. The first-order valence-corrected chi connectivity index (χ1v) is 5.26. The summed E-state index contributed by atoms with van der Waals surface area (Å²) in [6.45, 7) is 0. The van der Waals surface area contributed by atoms with E-state index in [1.54, 1.807) is 0 Å². The van der Waals surface area contributed by atoms with Gasteiger partial charge in [0.1, 0.15) is 0 Å². The minimum absolute atomic E-state index is 1.03. The van der Waals surface area contributed by atoms with Crippen LogP contribution >= 0.6 is 0 Å². The third-order valence-electron chi connectivity index (χ3n) is 2.64. The van der Waals surface area contributed by atoms with Crippen molar-refractivity contribution in [3.8, 4) is 11.1 Å². The van der Waals surface area contributed by atoms with Gasteiger partial charge in [0.2, 0.25) is 0 Å². The quantitative estimate of drug-likeness (QED) is 0.589. The highest BCUT2D eigenvalue weighted by Gasteiger charge is 2.02. The Bertz CT molecular complexity index is 609. The Morgan fingerprint density at radius 3 is 2.75 bits per heavy atom. The van der Waals surface area contributed by atoms with E-state index >= 15 is 0 Å². The molecule has 16 heavy (non-hydrogen) atoms. The molecule has 1 radical (unpaired) electrons. The van der Waals surface area contributed by atoms with Gasteiger partial charge in [0.05, 0.1) is 5.52 Å². The van der Waals surface area contributed by atoms with Crippen LogP contribution in [-0.4, -0.2) is 4.98 Å². The van der Waals surface area contributed by atoms with Gasteiger partial charge in [-0.25, -0.2) is 0 Å². The van der Waals surface area contributed by atoms with Crippen LogP contribution in [0.2, 0.25) is 0 Å². The predicted octanol–water partition coefficient (Wildman–Crippen LogP) is 3.70. The minimum Gasteiger partial charge on any atom is -0.256 e. The molecule has 75 valence electrons. The van der Waals surface area contributed by atoms with E-state index in [9.17, 15) is 0 Å². The smallest absolute Gasteiger partial charge is 0.0708 e. The molecule has 2 aromatic carbocycles. The standard InChI is InChI=1S/C15H10N/c1-2-6-12(7-3-1)13-8-4-10-15-14(13)9-5-11-16-15/h1-6,8-11H. The normalized spacial score (nSPS) is 10.5. The maximum absolute atomic E-state index is 4.35. The molecule has 0 atom stereocenters. The summed E-state index contributed by atoms with van der Waals surface area (Å²) in [4.78, 5) is 4.35. The summed E-state index contributed by atoms with van der Waals surface area (Å²) in [6.07, 6.45) is 1.82. The van der Waals surface area contributed by atoms with Gasteiger partial charge in [-0.1, -0.05) is 42.5 Å². The molecule has 0 unspecified atom stereocenters. The lowest BCUT2D eigenvalue weighted by Gasteiger charge is -2.05. The van der Waals surface area contributed by atoms with Crippen molar-refractivity contribution in [2.75, 3.05) is 0 Å². The predicted molar refractivity (Wildman–Crippen MR) is 66.0 cm³/mol. The van der Waals surface area contributed by atoms with Gasteiger partial charge in [-0.05, 0) is 29.3 Å². The zero-order chi connectivity index (χ0) is 10.8. The van der Waals surface area contributed by atoms with Gasteiger partial charge in [0.15, 0.2) is 0 Å². The van der Waals surface area contributed by atoms with E-state index in [4.69, 9.17) is 0 Å². The van der Waals surface area contributed by atoms with Crippen molar-refractivity contribution < 1.29 is 0 Å². The number of rotatable bonds is 1. The van der Waals surface area contributed by atoms with E-state index in [0.717, 1.165) is 11.1 Å². The zero-order valence-corrected chi connectivity index (χ0v) is 8.72. The molecule has 0 N–H and O–H groups in total. The first-order valence-electron chi connectivity index (χ1n) is 5.26. The minimum atomic E-state index is 1.03. The van der Waals surface area contributed by atoms with Crippen molar-refractivity contribution >= 4 is 10.9 Å². The number of nitrogens with zero attached hydrogens (tertiary/aromatic N) is 1. The average Bonchev–Trinajstić information content (AvgIpc) is 2.39. The number of fused-ring (bicyclic) bond motifs is 1. The van der Waals surface area contributed by atoms with Gasteiger partial charge >= 0.3 is 0 Å². The third-order valence-corrected chi connectivity index (χ3v) is 2.64. The van der Waals surface area contributed by atoms with Crippen LogP contribution < -0.4 is 0 Å². The number of hydrogen-bond donors (Lipinski definition) is 0. The van der Waals surface area contributed by atoms with Crippen LogP contribution in [0.1, 0.15) is 0 Å². The largest absolute Gasteiger partial charge is 0.256 e. The van der Waals surface area contributed by atoms with E-state index in [2.05, 4.69) is 29.2 Å². The first kappa shape index (κ1) is 9.10. The van der Waals surface area contributed by atoms with Crippen molar-refractivity contribution in [2.45, 2.75) is 0 Å². The third kappa shape index (κ3) is 1.47. The van der Waals surface area contributed by atoms with Gasteiger partial charge in [-0.2, -0.15) is 0 Å². The van der Waals surface area contributed by atoms with Crippen molar-refractivity contribution in [1.82, 2.24) is 4.98 Å². The second-order valence-electron chi connectivity index (χ2n) is 3.65. The number of benzene rings is 2. The Balaban J connectivity index is 2.32. The summed E-state index contributed by atoms with van der Waals surface area (Å²) in [7, 11) is 0. The molecule has 1 heterocycles. The summed E-state index contributed by atoms with van der Waals surface area (Å²) >= 11 is 0. The van der Waals surface area contributed by atoms with Crippen LogP contribution in [0.25, 0.3) is 22.0 Å². The van der Waals surface area contributed by atoms with E-state index in [0.29, 0.717) is 0 Å². The second kappa shape index (κ2) is 3.78. The van der Waals surface area contributed by atoms with Crippen LogP contribution in [0.4, 0.5) is 0 Å². The summed E-state index contributed by atoms with van der Waals surface area (Å²) in [5.74, 6) is 0. The molecule has 1 aromatic heterocycles. The summed E-state index contributed by atoms with van der Waals surface area (Å²) < 4.78 is 0. The lowest BCUT2D eigenvalue weighted by atomic mass is 10.0. The van der Waals surface area contributed by atoms with Crippen molar-refractivity contribution in [2.24, 2.45) is 0 Å². The molecular weight excluding hydrogens is 194 g/mol. The van der Waals surface area contributed by atoms with Crippen LogP contribution in [0.5, 0.6) is 0 Å². The highest BCUT2D eigenvalue weighted by atomic mass is 14.6. The molecule has 1 heteroatoms. The lowest BCUT2D eigenvalue weighted by Crippen LogP contribution is -1.82. The van der Waals surface area contributed by atoms with Gasteiger partial charge in [-0.15, -0.1) is 0 Å². The number of aromatic nitrogens is 1. The number of hydrogen-bond acceptors (Lipinski definition) is 1. The molecule has 0 saturated heterocycles. The molecule has 0 aliphatic rings. The Morgan fingerprint density at radius 1 is 0.875 bits per heavy atom. The van der Waals surface area contributed by atoms with E-state index < -0.39 is 0 Å². The fourth-order valence-electron chi connectivity index (χ4n) is 1.90. The second-order valence-corrected chi connectivity index (χ2v) is 3.65. The van der Waals surface area contributed by atoms with E-state index in [-0.39, 0.29) is 0 Å². The molecule has 1 nitrogen and oxygen atoms in total. The molecule has 0 saturated carbocycles. The van der Waals surface area contributed by atoms with Gasteiger partial charge < -0.3 is 0 Å². The molecule has 0 amide bonds. The number of pyridine rings is 1. The monoisotopic (exact) mass is 204 g/mol. The van der Waals surface area contributed by atoms with Gasteiger partial charge in [0.25, 0.3) is 0 Å². The molecule has 0 fully saturated rings. The van der Waals surface area contributed by atoms with E-state index in [1.807, 2.05) is 42.6 Å². The molecule has 0 spiro atoms. The van der Waals surface area contributed by atoms with Crippen molar-refractivity contribution in [1.29, 1.82) is 0 Å². The first-order chi connectivity index (χ1) is 7.95. The molecule has 3 rings (SSSR count). The summed E-state index contributed by atoms with van der Waals surface area (Å²) in [6, 6.07) is 21.5. The molecule has 0 aliphatic heterocycles. The Morgan fingerprint density at radius 2 is 1.88 bits per heavy atom. The van der Waals surface area contributed by atoms with Crippen LogP contribution in [0, 0.1) is 6.07 Å².